The van der Waals surface area contributed by atoms with Gasteiger partial charge in [0.05, 0.1) is 11.0 Å². The summed E-state index contributed by atoms with van der Waals surface area (Å²) in [5, 5.41) is 29.7. The Balaban J connectivity index is 1.99. The van der Waals surface area contributed by atoms with Gasteiger partial charge >= 0.3 is 0 Å². The maximum atomic E-state index is 9.11. The number of fused-ring (bicyclic) bond motifs is 1. The summed E-state index contributed by atoms with van der Waals surface area (Å²) in [4.78, 5) is 11.8. The lowest BCUT2D eigenvalue weighted by atomic mass is 10.2. The average molecular weight is 390 g/mol. The number of aromatic amines is 1. The number of nitrogens with zero attached hydrogens (tertiary/aromatic N) is 5. The Kier molecular flexibility index (Phi) is 4.43. The molecule has 0 spiro atoms. The second kappa shape index (κ2) is 6.84. The van der Waals surface area contributed by atoms with Crippen LogP contribution in [-0.2, 0) is 0 Å². The molecule has 0 unspecified atom stereocenters. The Hall–Kier alpha value is -3.67. The predicted molar refractivity (Wildman–Crippen MR) is 94.5 cm³/mol. The Labute approximate surface area is 151 Å². The van der Waals surface area contributed by atoms with Crippen molar-refractivity contribution in [3.63, 3.8) is 0 Å². The van der Waals surface area contributed by atoms with Crippen LogP contribution in [0.25, 0.3) is 22.4 Å². The zero-order valence-corrected chi connectivity index (χ0v) is 14.2. The van der Waals surface area contributed by atoms with E-state index in [1.807, 2.05) is 12.1 Å². The van der Waals surface area contributed by atoms with Crippen molar-refractivity contribution in [1.29, 1.82) is 15.8 Å². The molecule has 0 bridgehead atoms. The van der Waals surface area contributed by atoms with Gasteiger partial charge < -0.3 is 10.3 Å². The highest BCUT2D eigenvalue weighted by atomic mass is 79.9. The molecule has 1 aromatic carbocycles. The minimum Gasteiger partial charge on any atom is -0.345 e. The molecule has 0 radical (unpaired) electrons. The normalized spacial score (nSPS) is 9.68. The summed E-state index contributed by atoms with van der Waals surface area (Å²) in [6.07, 6.45) is 3.39. The molecule has 2 heterocycles. The summed E-state index contributed by atoms with van der Waals surface area (Å²) in [5.74, 6) is 0.659. The van der Waals surface area contributed by atoms with E-state index in [4.69, 9.17) is 15.8 Å². The first-order valence-electron chi connectivity index (χ1n) is 6.97. The fourth-order valence-electron chi connectivity index (χ4n) is 2.19. The third-order valence-electron chi connectivity index (χ3n) is 3.31. The zero-order valence-electron chi connectivity index (χ0n) is 12.6. The van der Waals surface area contributed by atoms with Gasteiger partial charge in [-0.05, 0) is 40.2 Å². The molecular weight excluding hydrogens is 382 g/mol. The van der Waals surface area contributed by atoms with Crippen LogP contribution >= 0.6 is 15.9 Å². The van der Waals surface area contributed by atoms with Gasteiger partial charge in [0.2, 0.25) is 0 Å². The molecule has 0 aliphatic heterocycles. The smallest absolute Gasteiger partial charge is 0.163 e. The van der Waals surface area contributed by atoms with Gasteiger partial charge in [0, 0.05) is 28.1 Å². The SMILES string of the molecule is N#CC(C#N)=C(C#N)Nc1ccc2nc(-c3cncc(Br)c3)[nH]c2c1. The highest BCUT2D eigenvalue weighted by Gasteiger charge is 2.09. The van der Waals surface area contributed by atoms with E-state index in [1.54, 1.807) is 42.7 Å². The maximum Gasteiger partial charge on any atom is 0.163 e. The number of pyridine rings is 1. The third-order valence-corrected chi connectivity index (χ3v) is 3.75. The van der Waals surface area contributed by atoms with Crippen molar-refractivity contribution >= 4 is 32.7 Å². The maximum absolute atomic E-state index is 9.11. The summed E-state index contributed by atoms with van der Waals surface area (Å²) in [6.45, 7) is 0. The van der Waals surface area contributed by atoms with Gasteiger partial charge in [0.15, 0.2) is 5.57 Å². The van der Waals surface area contributed by atoms with E-state index in [0.717, 1.165) is 21.1 Å². The molecule has 0 amide bonds. The highest BCUT2D eigenvalue weighted by Crippen LogP contribution is 2.24. The van der Waals surface area contributed by atoms with E-state index in [9.17, 15) is 0 Å². The van der Waals surface area contributed by atoms with Crippen LogP contribution in [0.5, 0.6) is 0 Å². The van der Waals surface area contributed by atoms with Gasteiger partial charge in [-0.2, -0.15) is 15.8 Å². The summed E-state index contributed by atoms with van der Waals surface area (Å²) < 4.78 is 0.845. The average Bonchev–Trinajstić information content (AvgIpc) is 3.05. The number of benzene rings is 1. The highest BCUT2D eigenvalue weighted by molar-refractivity contribution is 9.10. The summed E-state index contributed by atoms with van der Waals surface area (Å²) in [6, 6.07) is 12.3. The largest absolute Gasteiger partial charge is 0.345 e. The number of anilines is 1. The van der Waals surface area contributed by atoms with Crippen molar-refractivity contribution in [2.24, 2.45) is 0 Å². The minimum absolute atomic E-state index is 0.0970. The number of nitrogens with one attached hydrogen (secondary N) is 2. The van der Waals surface area contributed by atoms with Crippen molar-refractivity contribution in [3.8, 4) is 29.6 Å². The van der Waals surface area contributed by atoms with Crippen LogP contribution in [0, 0.1) is 34.0 Å². The van der Waals surface area contributed by atoms with E-state index in [2.05, 4.69) is 36.2 Å². The Morgan fingerprint density at radius 2 is 1.88 bits per heavy atom. The number of H-pyrrole nitrogens is 1. The lowest BCUT2D eigenvalue weighted by Crippen LogP contribution is -2.00. The molecule has 0 saturated heterocycles. The monoisotopic (exact) mass is 389 g/mol. The van der Waals surface area contributed by atoms with Crippen molar-refractivity contribution in [2.45, 2.75) is 0 Å². The predicted octanol–water partition coefficient (Wildman–Crippen LogP) is 3.62. The quantitative estimate of drug-likeness (QED) is 0.658. The van der Waals surface area contributed by atoms with Crippen molar-refractivity contribution in [3.05, 3.63) is 52.4 Å². The molecule has 0 aliphatic carbocycles. The van der Waals surface area contributed by atoms with Crippen molar-refractivity contribution in [1.82, 2.24) is 15.0 Å². The number of rotatable bonds is 3. The molecule has 8 heteroatoms. The van der Waals surface area contributed by atoms with Crippen LogP contribution in [0.3, 0.4) is 0 Å². The number of hydrogen-bond acceptors (Lipinski definition) is 6. The van der Waals surface area contributed by atoms with Crippen LogP contribution in [0.1, 0.15) is 0 Å². The van der Waals surface area contributed by atoms with Gasteiger partial charge in [-0.15, -0.1) is 0 Å². The van der Waals surface area contributed by atoms with E-state index < -0.39 is 0 Å². The molecule has 0 saturated carbocycles. The number of hydrogen-bond donors (Lipinski definition) is 2. The summed E-state index contributed by atoms with van der Waals surface area (Å²) in [5.41, 5.74) is 2.51. The number of allylic oxidation sites excluding steroid dienone is 2. The van der Waals surface area contributed by atoms with E-state index in [1.165, 1.54) is 0 Å². The molecule has 0 aliphatic rings. The number of aromatic nitrogens is 3. The minimum atomic E-state index is -0.270. The fourth-order valence-corrected chi connectivity index (χ4v) is 2.56. The van der Waals surface area contributed by atoms with Gasteiger partial charge in [0.1, 0.15) is 29.7 Å². The third kappa shape index (κ3) is 3.32. The lowest BCUT2D eigenvalue weighted by Gasteiger charge is -2.03. The van der Waals surface area contributed by atoms with E-state index in [0.29, 0.717) is 11.5 Å². The molecule has 118 valence electrons. The van der Waals surface area contributed by atoms with Gasteiger partial charge in [0.25, 0.3) is 0 Å². The summed E-state index contributed by atoms with van der Waals surface area (Å²) >= 11 is 3.37. The molecule has 3 rings (SSSR count). The zero-order chi connectivity index (χ0) is 17.8. The van der Waals surface area contributed by atoms with Gasteiger partial charge in [-0.25, -0.2) is 4.98 Å². The molecule has 2 N–H and O–H groups in total. The van der Waals surface area contributed by atoms with Gasteiger partial charge in [-0.1, -0.05) is 0 Å². The van der Waals surface area contributed by atoms with Gasteiger partial charge in [-0.3, -0.25) is 4.98 Å². The molecule has 7 nitrogen and oxygen atoms in total. The fraction of sp³-hybridized carbons (Fsp3) is 0. The first kappa shape index (κ1) is 16.2. The van der Waals surface area contributed by atoms with E-state index in [-0.39, 0.29) is 11.3 Å². The number of nitriles is 3. The number of imidazole rings is 1. The van der Waals surface area contributed by atoms with Crippen LogP contribution in [-0.4, -0.2) is 15.0 Å². The van der Waals surface area contributed by atoms with Crippen LogP contribution in [0.15, 0.2) is 52.4 Å². The second-order valence-electron chi connectivity index (χ2n) is 4.92. The Morgan fingerprint density at radius 1 is 1.08 bits per heavy atom. The molecule has 0 atom stereocenters. The molecule has 25 heavy (non-hydrogen) atoms. The first-order valence-corrected chi connectivity index (χ1v) is 7.76. The standard InChI is InChI=1S/C17H8BrN7/c18-12-3-10(8-22-9-12)17-24-14-2-1-13(4-15(14)25-17)23-16(7-21)11(5-19)6-20/h1-4,8-9,23H,(H,24,25). The van der Waals surface area contributed by atoms with Crippen molar-refractivity contribution < 1.29 is 0 Å². The second-order valence-corrected chi connectivity index (χ2v) is 5.84. The number of halogens is 1. The van der Waals surface area contributed by atoms with Crippen LogP contribution < -0.4 is 5.32 Å². The van der Waals surface area contributed by atoms with Crippen LogP contribution in [0.4, 0.5) is 5.69 Å². The topological polar surface area (TPSA) is 125 Å². The molecular formula is C17H8BrN7. The Morgan fingerprint density at radius 3 is 2.56 bits per heavy atom. The molecule has 0 fully saturated rings. The van der Waals surface area contributed by atoms with E-state index >= 15 is 0 Å². The summed E-state index contributed by atoms with van der Waals surface area (Å²) in [7, 11) is 0. The first-order chi connectivity index (χ1) is 12.1. The van der Waals surface area contributed by atoms with Crippen molar-refractivity contribution in [2.75, 3.05) is 5.32 Å². The molecule has 2 aromatic heterocycles. The lowest BCUT2D eigenvalue weighted by molar-refractivity contribution is 1.26. The van der Waals surface area contributed by atoms with Crippen LogP contribution in [0.2, 0.25) is 0 Å². The molecule has 3 aromatic rings. The Bertz CT molecular complexity index is 1110.